The number of aromatic nitrogens is 2. The molecule has 30 heavy (non-hydrogen) atoms. The molecule has 6 heteroatoms. The van der Waals surface area contributed by atoms with Gasteiger partial charge in [0.25, 0.3) is 0 Å². The first-order valence-corrected chi connectivity index (χ1v) is 11.7. The lowest BCUT2D eigenvalue weighted by Crippen LogP contribution is -2.39. The van der Waals surface area contributed by atoms with Crippen LogP contribution in [0.5, 0.6) is 0 Å². The zero-order chi connectivity index (χ0) is 20.3. The fourth-order valence-corrected chi connectivity index (χ4v) is 5.04. The summed E-state index contributed by atoms with van der Waals surface area (Å²) in [6, 6.07) is 9.10. The SMILES string of the molecule is NC1CCN(c2ccc(-c3ncc4c(n3)N(CCCN3CCCC3)CC4)cc2)CC1. The topological polar surface area (TPSA) is 61.5 Å². The third-order valence-electron chi connectivity index (χ3n) is 6.92. The van der Waals surface area contributed by atoms with Crippen molar-refractivity contribution in [3.63, 3.8) is 0 Å². The molecule has 0 aliphatic carbocycles. The summed E-state index contributed by atoms with van der Waals surface area (Å²) >= 11 is 0. The van der Waals surface area contributed by atoms with Crippen LogP contribution in [0.2, 0.25) is 0 Å². The van der Waals surface area contributed by atoms with Crippen LogP contribution in [-0.2, 0) is 6.42 Å². The number of hydrogen-bond donors (Lipinski definition) is 1. The Hall–Kier alpha value is -2.18. The summed E-state index contributed by atoms with van der Waals surface area (Å²) in [5.41, 5.74) is 9.71. The Morgan fingerprint density at radius 2 is 1.70 bits per heavy atom. The van der Waals surface area contributed by atoms with E-state index >= 15 is 0 Å². The van der Waals surface area contributed by atoms with E-state index in [-0.39, 0.29) is 0 Å². The Kier molecular flexibility index (Phi) is 5.86. The molecule has 0 saturated carbocycles. The molecule has 2 saturated heterocycles. The second-order valence-electron chi connectivity index (χ2n) is 9.05. The Morgan fingerprint density at radius 3 is 2.47 bits per heavy atom. The molecule has 2 aromatic rings. The quantitative estimate of drug-likeness (QED) is 0.796. The molecule has 1 aromatic heterocycles. The van der Waals surface area contributed by atoms with Gasteiger partial charge >= 0.3 is 0 Å². The monoisotopic (exact) mass is 406 g/mol. The van der Waals surface area contributed by atoms with Gasteiger partial charge in [-0.3, -0.25) is 0 Å². The summed E-state index contributed by atoms with van der Waals surface area (Å²) < 4.78 is 0. The minimum atomic E-state index is 0.360. The minimum absolute atomic E-state index is 0.360. The Morgan fingerprint density at radius 1 is 0.933 bits per heavy atom. The number of benzene rings is 1. The number of piperidine rings is 1. The highest BCUT2D eigenvalue weighted by Gasteiger charge is 2.22. The van der Waals surface area contributed by atoms with Crippen LogP contribution in [0.15, 0.2) is 30.5 Å². The fraction of sp³-hybridized carbons (Fsp3) is 0.583. The van der Waals surface area contributed by atoms with Gasteiger partial charge < -0.3 is 20.4 Å². The minimum Gasteiger partial charge on any atom is -0.371 e. The van der Waals surface area contributed by atoms with Gasteiger partial charge in [-0.25, -0.2) is 9.97 Å². The average molecular weight is 407 g/mol. The zero-order valence-electron chi connectivity index (χ0n) is 18.0. The van der Waals surface area contributed by atoms with Crippen molar-refractivity contribution in [2.24, 2.45) is 5.73 Å². The molecular formula is C24H34N6. The van der Waals surface area contributed by atoms with Crippen molar-refractivity contribution in [3.8, 4) is 11.4 Å². The van der Waals surface area contributed by atoms with Gasteiger partial charge in [0.05, 0.1) is 0 Å². The summed E-state index contributed by atoms with van der Waals surface area (Å²) in [5.74, 6) is 1.99. The Labute approximate surface area is 180 Å². The van der Waals surface area contributed by atoms with E-state index in [1.54, 1.807) is 0 Å². The van der Waals surface area contributed by atoms with E-state index in [1.807, 2.05) is 6.20 Å². The smallest absolute Gasteiger partial charge is 0.161 e. The van der Waals surface area contributed by atoms with Gasteiger partial charge in [0.15, 0.2) is 5.82 Å². The first-order chi connectivity index (χ1) is 14.8. The highest BCUT2D eigenvalue weighted by molar-refractivity contribution is 5.63. The van der Waals surface area contributed by atoms with Crippen LogP contribution in [0.3, 0.4) is 0 Å². The Bertz CT molecular complexity index is 837. The molecular weight excluding hydrogens is 372 g/mol. The molecule has 6 nitrogen and oxygen atoms in total. The molecule has 4 heterocycles. The van der Waals surface area contributed by atoms with Crippen LogP contribution in [0, 0.1) is 0 Å². The van der Waals surface area contributed by atoms with Crippen molar-refractivity contribution in [2.45, 2.75) is 44.6 Å². The number of nitrogens with two attached hydrogens (primary N) is 1. The third kappa shape index (κ3) is 4.30. The average Bonchev–Trinajstić information content (AvgIpc) is 3.44. The first kappa shape index (κ1) is 19.8. The van der Waals surface area contributed by atoms with Crippen molar-refractivity contribution in [2.75, 3.05) is 55.6 Å². The number of rotatable bonds is 6. The van der Waals surface area contributed by atoms with Gasteiger partial charge in [0, 0.05) is 55.2 Å². The maximum Gasteiger partial charge on any atom is 0.161 e. The van der Waals surface area contributed by atoms with Gasteiger partial charge in [0.2, 0.25) is 0 Å². The van der Waals surface area contributed by atoms with E-state index in [2.05, 4.69) is 43.9 Å². The first-order valence-electron chi connectivity index (χ1n) is 11.7. The number of likely N-dealkylation sites (tertiary alicyclic amines) is 1. The van der Waals surface area contributed by atoms with Gasteiger partial charge in [-0.2, -0.15) is 0 Å². The number of fused-ring (bicyclic) bond motifs is 1. The zero-order valence-corrected chi connectivity index (χ0v) is 18.0. The van der Waals surface area contributed by atoms with Crippen molar-refractivity contribution < 1.29 is 0 Å². The van der Waals surface area contributed by atoms with Gasteiger partial charge in [-0.1, -0.05) is 0 Å². The second kappa shape index (κ2) is 8.90. The number of anilines is 2. The molecule has 0 amide bonds. The molecule has 0 unspecified atom stereocenters. The van der Waals surface area contributed by atoms with Gasteiger partial charge in [-0.15, -0.1) is 0 Å². The van der Waals surface area contributed by atoms with E-state index in [0.29, 0.717) is 6.04 Å². The van der Waals surface area contributed by atoms with Crippen LogP contribution < -0.4 is 15.5 Å². The summed E-state index contributed by atoms with van der Waals surface area (Å²) in [6.07, 6.45) is 9.20. The Balaban J connectivity index is 1.24. The lowest BCUT2D eigenvalue weighted by molar-refractivity contribution is 0.335. The van der Waals surface area contributed by atoms with Gasteiger partial charge in [-0.05, 0) is 82.4 Å². The lowest BCUT2D eigenvalue weighted by Gasteiger charge is -2.32. The van der Waals surface area contributed by atoms with Crippen molar-refractivity contribution in [3.05, 3.63) is 36.0 Å². The largest absolute Gasteiger partial charge is 0.371 e. The molecule has 3 aliphatic heterocycles. The molecule has 0 radical (unpaired) electrons. The molecule has 0 spiro atoms. The predicted molar refractivity (Wildman–Crippen MR) is 123 cm³/mol. The molecule has 0 bridgehead atoms. The highest BCUT2D eigenvalue weighted by Crippen LogP contribution is 2.29. The second-order valence-corrected chi connectivity index (χ2v) is 9.05. The molecule has 2 N–H and O–H groups in total. The summed E-state index contributed by atoms with van der Waals surface area (Å²) in [6.45, 7) is 8.03. The predicted octanol–water partition coefficient (Wildman–Crippen LogP) is 2.92. The van der Waals surface area contributed by atoms with Crippen LogP contribution in [-0.4, -0.2) is 66.7 Å². The lowest BCUT2D eigenvalue weighted by atomic mass is 10.0. The van der Waals surface area contributed by atoms with E-state index < -0.39 is 0 Å². The number of nitrogens with zero attached hydrogens (tertiary/aromatic N) is 5. The molecule has 0 atom stereocenters. The third-order valence-corrected chi connectivity index (χ3v) is 6.92. The van der Waals surface area contributed by atoms with Crippen LogP contribution in [0.1, 0.15) is 37.7 Å². The van der Waals surface area contributed by atoms with Crippen molar-refractivity contribution in [1.82, 2.24) is 14.9 Å². The van der Waals surface area contributed by atoms with Crippen molar-refractivity contribution in [1.29, 1.82) is 0 Å². The van der Waals surface area contributed by atoms with E-state index in [0.717, 1.165) is 62.6 Å². The molecule has 3 aliphatic rings. The van der Waals surface area contributed by atoms with Crippen LogP contribution in [0.25, 0.3) is 11.4 Å². The summed E-state index contributed by atoms with van der Waals surface area (Å²) in [5, 5.41) is 0. The van der Waals surface area contributed by atoms with Gasteiger partial charge in [0.1, 0.15) is 5.82 Å². The highest BCUT2D eigenvalue weighted by atomic mass is 15.2. The fourth-order valence-electron chi connectivity index (χ4n) is 5.04. The van der Waals surface area contributed by atoms with Crippen LogP contribution in [0.4, 0.5) is 11.5 Å². The summed E-state index contributed by atoms with van der Waals surface area (Å²) in [7, 11) is 0. The molecule has 1 aromatic carbocycles. The van der Waals surface area contributed by atoms with Crippen molar-refractivity contribution >= 4 is 11.5 Å². The number of hydrogen-bond acceptors (Lipinski definition) is 6. The maximum absolute atomic E-state index is 6.04. The van der Waals surface area contributed by atoms with E-state index in [1.165, 1.54) is 50.1 Å². The maximum atomic E-state index is 6.04. The molecule has 2 fully saturated rings. The van der Waals surface area contributed by atoms with E-state index in [9.17, 15) is 0 Å². The van der Waals surface area contributed by atoms with E-state index in [4.69, 9.17) is 10.7 Å². The summed E-state index contributed by atoms with van der Waals surface area (Å²) in [4.78, 5) is 17.1. The molecule has 5 rings (SSSR count). The molecule has 160 valence electrons. The van der Waals surface area contributed by atoms with Crippen LogP contribution >= 0.6 is 0 Å². The standard InChI is InChI=1S/C24H34N6/c25-21-9-16-29(17-10-21)22-6-4-19(5-7-22)23-26-18-20-8-15-30(24(20)27-23)14-3-13-28-11-1-2-12-28/h4-7,18,21H,1-3,8-17,25H2. The normalized spacial score (nSPS) is 20.2.